The van der Waals surface area contributed by atoms with Crippen molar-refractivity contribution in [1.29, 1.82) is 0 Å². The highest BCUT2D eigenvalue weighted by Gasteiger charge is 2.05. The molecule has 0 atom stereocenters. The highest BCUT2D eigenvalue weighted by molar-refractivity contribution is 9.11. The smallest absolute Gasteiger partial charge is 0.246 e. The van der Waals surface area contributed by atoms with Crippen molar-refractivity contribution >= 4 is 50.8 Å². The van der Waals surface area contributed by atoms with Crippen LogP contribution in [0.1, 0.15) is 11.1 Å². The molecule has 0 radical (unpaired) electrons. The molecule has 2 heterocycles. The van der Waals surface area contributed by atoms with Gasteiger partial charge in [-0.3, -0.25) is 14.3 Å². The molecule has 8 heteroatoms. The second-order valence-corrected chi connectivity index (χ2v) is 7.98. The first-order valence-electron chi connectivity index (χ1n) is 8.15. The number of halogens is 1. The second kappa shape index (κ2) is 9.29. The van der Waals surface area contributed by atoms with E-state index in [1.54, 1.807) is 46.6 Å². The predicted molar refractivity (Wildman–Crippen MR) is 110 cm³/mol. The van der Waals surface area contributed by atoms with E-state index < -0.39 is 0 Å². The van der Waals surface area contributed by atoms with E-state index >= 15 is 0 Å². The minimum atomic E-state index is -0.176. The van der Waals surface area contributed by atoms with Crippen molar-refractivity contribution in [2.24, 2.45) is 0 Å². The highest BCUT2D eigenvalue weighted by atomic mass is 79.9. The lowest BCUT2D eigenvalue weighted by Gasteiger charge is -2.08. The number of benzene rings is 1. The van der Waals surface area contributed by atoms with Crippen LogP contribution in [0.4, 0.5) is 5.69 Å². The number of nitrogens with zero attached hydrogens (tertiary/aromatic N) is 2. The molecule has 3 aromatic rings. The fourth-order valence-electron chi connectivity index (χ4n) is 2.33. The molecule has 1 aromatic carbocycles. The van der Waals surface area contributed by atoms with E-state index in [0.29, 0.717) is 12.2 Å². The molecule has 2 aromatic heterocycles. The van der Waals surface area contributed by atoms with Crippen LogP contribution in [0.2, 0.25) is 0 Å². The standard InChI is InChI=1S/C19H17BrN4O2S/c20-17-10-15(13-27-17)5-6-18(25)21-11-14-3-1-4-16(9-14)23-19(26)12-24-8-2-7-22-24/h1-10,13H,11-12H2,(H,21,25)(H,23,26)/b6-5+. The van der Waals surface area contributed by atoms with Crippen LogP contribution in [-0.2, 0) is 22.7 Å². The summed E-state index contributed by atoms with van der Waals surface area (Å²) in [7, 11) is 0. The summed E-state index contributed by atoms with van der Waals surface area (Å²) in [6.07, 6.45) is 6.63. The third kappa shape index (κ3) is 6.19. The number of amides is 2. The summed E-state index contributed by atoms with van der Waals surface area (Å²) in [4.78, 5) is 24.0. The molecule has 0 unspecified atom stereocenters. The summed E-state index contributed by atoms with van der Waals surface area (Å²) < 4.78 is 2.58. The number of hydrogen-bond donors (Lipinski definition) is 2. The normalized spacial score (nSPS) is 10.9. The van der Waals surface area contributed by atoms with Gasteiger partial charge in [-0.1, -0.05) is 12.1 Å². The number of thiophene rings is 1. The first kappa shape index (κ1) is 19.1. The van der Waals surface area contributed by atoms with Crippen molar-refractivity contribution in [2.75, 3.05) is 5.32 Å². The fraction of sp³-hybridized carbons (Fsp3) is 0.105. The van der Waals surface area contributed by atoms with Crippen LogP contribution in [-0.4, -0.2) is 21.6 Å². The van der Waals surface area contributed by atoms with Gasteiger partial charge in [0.25, 0.3) is 0 Å². The number of nitrogens with one attached hydrogen (secondary N) is 2. The Hall–Kier alpha value is -2.71. The Kier molecular flexibility index (Phi) is 6.56. The molecular formula is C19H17BrN4O2S. The van der Waals surface area contributed by atoms with Crippen LogP contribution in [0.15, 0.2) is 64.0 Å². The molecule has 0 aliphatic carbocycles. The minimum absolute atomic E-state index is 0.150. The van der Waals surface area contributed by atoms with Crippen LogP contribution < -0.4 is 10.6 Å². The summed E-state index contributed by atoms with van der Waals surface area (Å²) in [5, 5.41) is 11.6. The molecule has 2 amide bonds. The third-order valence-corrected chi connectivity index (χ3v) is 5.08. The first-order valence-corrected chi connectivity index (χ1v) is 9.82. The zero-order valence-electron chi connectivity index (χ0n) is 14.3. The van der Waals surface area contributed by atoms with Crippen LogP contribution in [0.5, 0.6) is 0 Å². The Labute approximate surface area is 169 Å². The first-order chi connectivity index (χ1) is 13.1. The van der Waals surface area contributed by atoms with Crippen LogP contribution in [0.25, 0.3) is 6.08 Å². The highest BCUT2D eigenvalue weighted by Crippen LogP contribution is 2.21. The summed E-state index contributed by atoms with van der Waals surface area (Å²) in [6.45, 7) is 0.525. The van der Waals surface area contributed by atoms with Gasteiger partial charge in [0.1, 0.15) is 6.54 Å². The van der Waals surface area contributed by atoms with Gasteiger partial charge in [-0.25, -0.2) is 0 Å². The lowest BCUT2D eigenvalue weighted by atomic mass is 10.2. The number of aromatic nitrogens is 2. The summed E-state index contributed by atoms with van der Waals surface area (Å²) in [6, 6.07) is 11.1. The maximum atomic E-state index is 12.0. The molecule has 0 fully saturated rings. The zero-order chi connectivity index (χ0) is 19.1. The SMILES string of the molecule is O=C(/C=C/c1csc(Br)c1)NCc1cccc(NC(=O)Cn2cccn2)c1. The fourth-order valence-corrected chi connectivity index (χ4v) is 3.48. The number of carbonyl (C=O) groups excluding carboxylic acids is 2. The third-order valence-electron chi connectivity index (χ3n) is 3.56. The van der Waals surface area contributed by atoms with E-state index in [1.807, 2.05) is 29.6 Å². The molecule has 0 aliphatic heterocycles. The van der Waals surface area contributed by atoms with Crippen molar-refractivity contribution in [1.82, 2.24) is 15.1 Å². The van der Waals surface area contributed by atoms with Gasteiger partial charge in [-0.05, 0) is 62.8 Å². The molecule has 0 bridgehead atoms. The molecule has 0 aliphatic rings. The largest absolute Gasteiger partial charge is 0.348 e. The van der Waals surface area contributed by atoms with Crippen molar-refractivity contribution in [3.05, 3.63) is 75.2 Å². The Morgan fingerprint density at radius 2 is 2.15 bits per heavy atom. The maximum absolute atomic E-state index is 12.0. The van der Waals surface area contributed by atoms with Gasteiger partial charge in [0.2, 0.25) is 11.8 Å². The maximum Gasteiger partial charge on any atom is 0.246 e. The van der Waals surface area contributed by atoms with Crippen LogP contribution >= 0.6 is 27.3 Å². The van der Waals surface area contributed by atoms with E-state index in [4.69, 9.17) is 0 Å². The lowest BCUT2D eigenvalue weighted by molar-refractivity contribution is -0.117. The summed E-state index contributed by atoms with van der Waals surface area (Å²) in [5.41, 5.74) is 2.55. The molecule has 27 heavy (non-hydrogen) atoms. The second-order valence-electron chi connectivity index (χ2n) is 5.69. The number of anilines is 1. The lowest BCUT2D eigenvalue weighted by Crippen LogP contribution is -2.21. The summed E-state index contributed by atoms with van der Waals surface area (Å²) >= 11 is 4.96. The Morgan fingerprint density at radius 1 is 1.26 bits per heavy atom. The van der Waals surface area contributed by atoms with E-state index in [1.165, 1.54) is 6.08 Å². The van der Waals surface area contributed by atoms with E-state index in [2.05, 4.69) is 31.7 Å². The van der Waals surface area contributed by atoms with Crippen LogP contribution in [0, 0.1) is 0 Å². The van der Waals surface area contributed by atoms with Gasteiger partial charge in [0, 0.05) is 30.7 Å². The van der Waals surface area contributed by atoms with Crippen LogP contribution in [0.3, 0.4) is 0 Å². The van der Waals surface area contributed by atoms with Gasteiger partial charge in [0.15, 0.2) is 0 Å². The average molecular weight is 445 g/mol. The number of rotatable bonds is 7. The zero-order valence-corrected chi connectivity index (χ0v) is 16.7. The molecular weight excluding hydrogens is 428 g/mol. The van der Waals surface area contributed by atoms with Gasteiger partial charge < -0.3 is 10.6 Å². The van der Waals surface area contributed by atoms with E-state index in [-0.39, 0.29) is 18.4 Å². The molecule has 2 N–H and O–H groups in total. The van der Waals surface area contributed by atoms with Gasteiger partial charge in [-0.2, -0.15) is 5.10 Å². The topological polar surface area (TPSA) is 76.0 Å². The molecule has 0 saturated carbocycles. The van der Waals surface area contributed by atoms with Gasteiger partial charge in [0.05, 0.1) is 3.79 Å². The van der Waals surface area contributed by atoms with Crippen molar-refractivity contribution in [3.8, 4) is 0 Å². The Morgan fingerprint density at radius 3 is 2.89 bits per heavy atom. The minimum Gasteiger partial charge on any atom is -0.348 e. The Balaban J connectivity index is 1.50. The Bertz CT molecular complexity index is 950. The molecule has 0 spiro atoms. The van der Waals surface area contributed by atoms with Crippen molar-refractivity contribution in [2.45, 2.75) is 13.1 Å². The quantitative estimate of drug-likeness (QED) is 0.545. The molecule has 0 saturated heterocycles. The van der Waals surface area contributed by atoms with E-state index in [9.17, 15) is 9.59 Å². The predicted octanol–water partition coefficient (Wildman–Crippen LogP) is 3.68. The van der Waals surface area contributed by atoms with Crippen molar-refractivity contribution < 1.29 is 9.59 Å². The summed E-state index contributed by atoms with van der Waals surface area (Å²) in [5.74, 6) is -0.338. The molecule has 138 valence electrons. The molecule has 6 nitrogen and oxygen atoms in total. The van der Waals surface area contributed by atoms with Gasteiger partial charge in [-0.15, -0.1) is 11.3 Å². The van der Waals surface area contributed by atoms with Gasteiger partial charge >= 0.3 is 0 Å². The average Bonchev–Trinajstić information content (AvgIpc) is 3.30. The van der Waals surface area contributed by atoms with E-state index in [0.717, 1.165) is 14.9 Å². The number of carbonyl (C=O) groups is 2. The van der Waals surface area contributed by atoms with Crippen molar-refractivity contribution in [3.63, 3.8) is 0 Å². The number of hydrogen-bond acceptors (Lipinski definition) is 4. The monoisotopic (exact) mass is 444 g/mol. The molecule has 3 rings (SSSR count).